The lowest BCUT2D eigenvalue weighted by Crippen LogP contribution is -2.38. The third-order valence-corrected chi connectivity index (χ3v) is 4.59. The van der Waals surface area contributed by atoms with E-state index in [1.54, 1.807) is 12.1 Å². The van der Waals surface area contributed by atoms with Crippen molar-refractivity contribution in [1.29, 1.82) is 0 Å². The molecule has 138 valence electrons. The molecule has 0 spiro atoms. The van der Waals surface area contributed by atoms with Gasteiger partial charge in [0.15, 0.2) is 11.6 Å². The Hall–Kier alpha value is -1.88. The standard InChI is InChI=1S/C20H29FN2O2/c1-20(2,3)16-7-10-23(11-8-16)12-9-22-19(24)14-15-5-6-18(25-4)17(21)13-15/h5-7,13H,8-12,14H2,1-4H3,(H,22,24). The highest BCUT2D eigenvalue weighted by Gasteiger charge is 2.21. The van der Waals surface area contributed by atoms with E-state index in [0.29, 0.717) is 12.1 Å². The maximum atomic E-state index is 13.6. The topological polar surface area (TPSA) is 41.6 Å². The van der Waals surface area contributed by atoms with Gasteiger partial charge in [-0.3, -0.25) is 9.69 Å². The molecule has 1 aliphatic heterocycles. The predicted molar refractivity (Wildman–Crippen MR) is 98.3 cm³/mol. The summed E-state index contributed by atoms with van der Waals surface area (Å²) in [5, 5.41) is 2.91. The molecule has 1 aromatic rings. The van der Waals surface area contributed by atoms with Crippen molar-refractivity contribution < 1.29 is 13.9 Å². The van der Waals surface area contributed by atoms with E-state index in [1.165, 1.54) is 18.7 Å². The highest BCUT2D eigenvalue weighted by atomic mass is 19.1. The van der Waals surface area contributed by atoms with Crippen LogP contribution in [0.3, 0.4) is 0 Å². The van der Waals surface area contributed by atoms with Gasteiger partial charge in [0.1, 0.15) is 0 Å². The molecule has 0 atom stereocenters. The van der Waals surface area contributed by atoms with E-state index in [0.717, 1.165) is 26.1 Å². The van der Waals surface area contributed by atoms with Gasteiger partial charge in [-0.25, -0.2) is 4.39 Å². The average molecular weight is 348 g/mol. The fraction of sp³-hybridized carbons (Fsp3) is 0.550. The van der Waals surface area contributed by atoms with Gasteiger partial charge in [0.05, 0.1) is 13.5 Å². The van der Waals surface area contributed by atoms with Gasteiger partial charge in [-0.2, -0.15) is 0 Å². The van der Waals surface area contributed by atoms with Gasteiger partial charge in [0.2, 0.25) is 5.91 Å². The Morgan fingerprint density at radius 3 is 2.68 bits per heavy atom. The molecule has 0 saturated heterocycles. The van der Waals surface area contributed by atoms with E-state index in [2.05, 4.69) is 37.1 Å². The number of benzene rings is 1. The number of amides is 1. The van der Waals surface area contributed by atoms with Gasteiger partial charge in [0, 0.05) is 26.2 Å². The first-order valence-electron chi connectivity index (χ1n) is 8.80. The quantitative estimate of drug-likeness (QED) is 0.803. The molecule has 1 N–H and O–H groups in total. The summed E-state index contributed by atoms with van der Waals surface area (Å²) in [6, 6.07) is 4.61. The van der Waals surface area contributed by atoms with Crippen LogP contribution in [-0.4, -0.2) is 44.1 Å². The minimum Gasteiger partial charge on any atom is -0.494 e. The van der Waals surface area contributed by atoms with E-state index in [1.807, 2.05) is 0 Å². The van der Waals surface area contributed by atoms with Crippen molar-refractivity contribution >= 4 is 5.91 Å². The third kappa shape index (κ3) is 5.85. The summed E-state index contributed by atoms with van der Waals surface area (Å²) in [4.78, 5) is 14.3. The SMILES string of the molecule is COc1ccc(CC(=O)NCCN2CC=C(C(C)(C)C)CC2)cc1F. The number of carbonyl (C=O) groups is 1. The second-order valence-corrected chi connectivity index (χ2v) is 7.53. The maximum absolute atomic E-state index is 13.6. The van der Waals surface area contributed by atoms with Gasteiger partial charge in [-0.15, -0.1) is 0 Å². The number of hydrogen-bond acceptors (Lipinski definition) is 3. The van der Waals surface area contributed by atoms with Crippen molar-refractivity contribution in [2.45, 2.75) is 33.6 Å². The van der Waals surface area contributed by atoms with Crippen LogP contribution in [0.1, 0.15) is 32.8 Å². The smallest absolute Gasteiger partial charge is 0.224 e. The Morgan fingerprint density at radius 1 is 1.36 bits per heavy atom. The highest BCUT2D eigenvalue weighted by Crippen LogP contribution is 2.29. The van der Waals surface area contributed by atoms with Gasteiger partial charge in [0.25, 0.3) is 0 Å². The van der Waals surface area contributed by atoms with Crippen LogP contribution in [0.4, 0.5) is 4.39 Å². The summed E-state index contributed by atoms with van der Waals surface area (Å²) in [5.74, 6) is -0.341. The number of nitrogens with zero attached hydrogens (tertiary/aromatic N) is 1. The molecule has 1 aromatic carbocycles. The summed E-state index contributed by atoms with van der Waals surface area (Å²) in [6.07, 6.45) is 3.57. The van der Waals surface area contributed by atoms with Gasteiger partial charge < -0.3 is 10.1 Å². The first kappa shape index (κ1) is 19.4. The maximum Gasteiger partial charge on any atom is 0.224 e. The molecular formula is C20H29FN2O2. The Morgan fingerprint density at radius 2 is 2.12 bits per heavy atom. The zero-order valence-electron chi connectivity index (χ0n) is 15.7. The summed E-state index contributed by atoms with van der Waals surface area (Å²) in [7, 11) is 1.42. The minimum atomic E-state index is -0.442. The number of hydrogen-bond donors (Lipinski definition) is 1. The van der Waals surface area contributed by atoms with Crippen LogP contribution in [0.15, 0.2) is 29.8 Å². The van der Waals surface area contributed by atoms with E-state index < -0.39 is 5.82 Å². The molecule has 0 saturated carbocycles. The van der Waals surface area contributed by atoms with Crippen LogP contribution in [0.25, 0.3) is 0 Å². The predicted octanol–water partition coefficient (Wildman–Crippen LogP) is 3.17. The van der Waals surface area contributed by atoms with Gasteiger partial charge in [-0.05, 0) is 29.5 Å². The van der Waals surface area contributed by atoms with Crippen molar-refractivity contribution in [3.63, 3.8) is 0 Å². The molecule has 4 nitrogen and oxygen atoms in total. The first-order valence-corrected chi connectivity index (χ1v) is 8.80. The van der Waals surface area contributed by atoms with Crippen molar-refractivity contribution in [2.24, 2.45) is 5.41 Å². The van der Waals surface area contributed by atoms with Gasteiger partial charge in [-0.1, -0.05) is 38.5 Å². The Labute approximate surface area is 150 Å². The summed E-state index contributed by atoms with van der Waals surface area (Å²) in [6.45, 7) is 10.1. The van der Waals surface area contributed by atoms with Crippen LogP contribution >= 0.6 is 0 Å². The molecular weight excluding hydrogens is 319 g/mol. The number of nitrogens with one attached hydrogen (secondary N) is 1. The largest absolute Gasteiger partial charge is 0.494 e. The lowest BCUT2D eigenvalue weighted by Gasteiger charge is -2.32. The minimum absolute atomic E-state index is 0.0903. The van der Waals surface area contributed by atoms with Crippen molar-refractivity contribution in [3.8, 4) is 5.75 Å². The number of carbonyl (C=O) groups excluding carboxylic acids is 1. The van der Waals surface area contributed by atoms with Crippen LogP contribution in [0, 0.1) is 11.2 Å². The third-order valence-electron chi connectivity index (χ3n) is 4.59. The van der Waals surface area contributed by atoms with Crippen LogP contribution in [-0.2, 0) is 11.2 Å². The second-order valence-electron chi connectivity index (χ2n) is 7.53. The molecule has 0 fully saturated rings. The molecule has 1 heterocycles. The van der Waals surface area contributed by atoms with Crippen molar-refractivity contribution in [2.75, 3.05) is 33.3 Å². The Balaban J connectivity index is 1.73. The van der Waals surface area contributed by atoms with Gasteiger partial charge >= 0.3 is 0 Å². The summed E-state index contributed by atoms with van der Waals surface area (Å²) < 4.78 is 18.5. The Bertz CT molecular complexity index is 635. The van der Waals surface area contributed by atoms with E-state index in [9.17, 15) is 9.18 Å². The lowest BCUT2D eigenvalue weighted by molar-refractivity contribution is -0.120. The monoisotopic (exact) mass is 348 g/mol. The molecule has 1 amide bonds. The van der Waals surface area contributed by atoms with Crippen LogP contribution in [0.5, 0.6) is 5.75 Å². The normalized spacial score (nSPS) is 15.6. The molecule has 0 aromatic heterocycles. The summed E-state index contributed by atoms with van der Waals surface area (Å²) in [5.41, 5.74) is 2.40. The average Bonchev–Trinajstić information content (AvgIpc) is 2.54. The van der Waals surface area contributed by atoms with E-state index in [-0.39, 0.29) is 23.5 Å². The fourth-order valence-corrected chi connectivity index (χ4v) is 3.02. The zero-order chi connectivity index (χ0) is 18.4. The lowest BCUT2D eigenvalue weighted by atomic mass is 9.83. The molecule has 5 heteroatoms. The van der Waals surface area contributed by atoms with Crippen molar-refractivity contribution in [3.05, 3.63) is 41.2 Å². The molecule has 2 rings (SSSR count). The zero-order valence-corrected chi connectivity index (χ0v) is 15.7. The number of ether oxygens (including phenoxy) is 1. The van der Waals surface area contributed by atoms with Crippen LogP contribution in [0.2, 0.25) is 0 Å². The van der Waals surface area contributed by atoms with Crippen LogP contribution < -0.4 is 10.1 Å². The van der Waals surface area contributed by atoms with E-state index in [4.69, 9.17) is 4.74 Å². The Kier molecular flexibility index (Phi) is 6.59. The number of rotatable bonds is 6. The molecule has 0 radical (unpaired) electrons. The molecule has 0 bridgehead atoms. The molecule has 1 aliphatic rings. The number of methoxy groups -OCH3 is 1. The first-order chi connectivity index (χ1) is 11.8. The fourth-order valence-electron chi connectivity index (χ4n) is 3.02. The molecule has 0 unspecified atom stereocenters. The highest BCUT2D eigenvalue weighted by molar-refractivity contribution is 5.78. The second kappa shape index (κ2) is 8.48. The number of halogens is 1. The van der Waals surface area contributed by atoms with E-state index >= 15 is 0 Å². The summed E-state index contributed by atoms with van der Waals surface area (Å²) >= 11 is 0. The molecule has 25 heavy (non-hydrogen) atoms. The molecule has 0 aliphatic carbocycles. The van der Waals surface area contributed by atoms with Crippen molar-refractivity contribution in [1.82, 2.24) is 10.2 Å².